The van der Waals surface area contributed by atoms with Gasteiger partial charge in [-0.2, -0.15) is 0 Å². The zero-order valence-corrected chi connectivity index (χ0v) is 17.3. The predicted octanol–water partition coefficient (Wildman–Crippen LogP) is 3.04. The summed E-state index contributed by atoms with van der Waals surface area (Å²) in [4.78, 5) is 12.2. The molecule has 3 rings (SSSR count). The van der Waals surface area contributed by atoms with Crippen LogP contribution in [0.2, 0.25) is 0 Å². The summed E-state index contributed by atoms with van der Waals surface area (Å²) in [5.41, 5.74) is 0.977. The lowest BCUT2D eigenvalue weighted by Gasteiger charge is -2.13. The number of hydrogen-bond acceptors (Lipinski definition) is 4. The van der Waals surface area contributed by atoms with Crippen molar-refractivity contribution < 1.29 is 17.9 Å². The van der Waals surface area contributed by atoms with Crippen molar-refractivity contribution in [3.63, 3.8) is 0 Å². The average molecular weight is 417 g/mol. The molecule has 0 heterocycles. The number of para-hydroxylation sites is 1. The summed E-state index contributed by atoms with van der Waals surface area (Å²) in [5.74, 6) is 0.679. The highest BCUT2D eigenvalue weighted by atomic mass is 32.2. The summed E-state index contributed by atoms with van der Waals surface area (Å²) in [6, 6.07) is 16.3. The molecule has 156 valence electrons. The Hall–Kier alpha value is -2.38. The smallest absolute Gasteiger partial charge is 0.240 e. The summed E-state index contributed by atoms with van der Waals surface area (Å²) in [6.45, 7) is 0.826. The highest BCUT2D eigenvalue weighted by Gasteiger charge is 2.22. The molecule has 6 nitrogen and oxygen atoms in total. The van der Waals surface area contributed by atoms with Crippen LogP contribution in [0, 0.1) is 0 Å². The van der Waals surface area contributed by atoms with Gasteiger partial charge in [0, 0.05) is 12.6 Å². The number of ether oxygens (including phenoxy) is 1. The molecule has 0 atom stereocenters. The number of nitrogens with one attached hydrogen (secondary N) is 2. The van der Waals surface area contributed by atoms with E-state index in [-0.39, 0.29) is 16.8 Å². The molecule has 1 fully saturated rings. The number of carbonyl (C=O) groups excluding carboxylic acids is 1. The fourth-order valence-corrected chi connectivity index (χ4v) is 4.68. The minimum atomic E-state index is -3.46. The molecule has 2 aromatic carbocycles. The summed E-state index contributed by atoms with van der Waals surface area (Å²) in [6.07, 6.45) is 4.91. The standard InChI is InChI=1S/C22H28N2O4S/c25-22(15-17-28-20-8-2-1-3-9-20)23-16-14-18-10-12-21(13-11-18)29(26,27)24-19-6-4-5-7-19/h1-3,8-13,19,24H,4-7,14-17H2,(H,23,25). The Morgan fingerprint density at radius 1 is 1.00 bits per heavy atom. The maximum Gasteiger partial charge on any atom is 0.240 e. The van der Waals surface area contributed by atoms with E-state index in [9.17, 15) is 13.2 Å². The molecule has 0 spiro atoms. The molecule has 1 saturated carbocycles. The van der Waals surface area contributed by atoms with E-state index in [0.717, 1.165) is 37.0 Å². The van der Waals surface area contributed by atoms with Crippen molar-refractivity contribution in [3.05, 3.63) is 60.2 Å². The van der Waals surface area contributed by atoms with E-state index in [1.807, 2.05) is 30.3 Å². The van der Waals surface area contributed by atoms with Crippen molar-refractivity contribution in [1.82, 2.24) is 10.0 Å². The summed E-state index contributed by atoms with van der Waals surface area (Å²) < 4.78 is 33.1. The van der Waals surface area contributed by atoms with E-state index < -0.39 is 10.0 Å². The van der Waals surface area contributed by atoms with Crippen molar-refractivity contribution >= 4 is 15.9 Å². The average Bonchev–Trinajstić information content (AvgIpc) is 3.21. The quantitative estimate of drug-likeness (QED) is 0.624. The zero-order chi connectivity index (χ0) is 20.5. The lowest BCUT2D eigenvalue weighted by atomic mass is 10.1. The molecule has 0 bridgehead atoms. The Labute approximate surface area is 172 Å². The van der Waals surface area contributed by atoms with E-state index in [1.54, 1.807) is 24.3 Å². The van der Waals surface area contributed by atoms with Crippen LogP contribution >= 0.6 is 0 Å². The number of benzene rings is 2. The molecule has 0 unspecified atom stereocenters. The first-order valence-corrected chi connectivity index (χ1v) is 11.6. The van der Waals surface area contributed by atoms with Crippen LogP contribution < -0.4 is 14.8 Å². The lowest BCUT2D eigenvalue weighted by Crippen LogP contribution is -2.32. The van der Waals surface area contributed by atoms with Crippen LogP contribution in [0.4, 0.5) is 0 Å². The number of amides is 1. The number of rotatable bonds is 10. The molecule has 2 N–H and O–H groups in total. The van der Waals surface area contributed by atoms with Crippen LogP contribution in [-0.2, 0) is 21.2 Å². The fraction of sp³-hybridized carbons (Fsp3) is 0.409. The third kappa shape index (κ3) is 6.87. The molecule has 0 saturated heterocycles. The number of carbonyl (C=O) groups is 1. The van der Waals surface area contributed by atoms with Crippen LogP contribution in [0.1, 0.15) is 37.7 Å². The predicted molar refractivity (Wildman–Crippen MR) is 112 cm³/mol. The maximum absolute atomic E-state index is 12.4. The molecule has 1 aliphatic rings. The van der Waals surface area contributed by atoms with Gasteiger partial charge in [-0.25, -0.2) is 13.1 Å². The van der Waals surface area contributed by atoms with E-state index in [0.29, 0.717) is 26.0 Å². The van der Waals surface area contributed by atoms with Crippen molar-refractivity contribution in [3.8, 4) is 5.75 Å². The highest BCUT2D eigenvalue weighted by Crippen LogP contribution is 2.20. The van der Waals surface area contributed by atoms with Crippen LogP contribution in [0.5, 0.6) is 5.75 Å². The van der Waals surface area contributed by atoms with E-state index in [2.05, 4.69) is 10.0 Å². The molecule has 29 heavy (non-hydrogen) atoms. The van der Waals surface area contributed by atoms with Gasteiger partial charge in [0.25, 0.3) is 0 Å². The summed E-state index contributed by atoms with van der Waals surface area (Å²) in [7, 11) is -3.46. The highest BCUT2D eigenvalue weighted by molar-refractivity contribution is 7.89. The van der Waals surface area contributed by atoms with E-state index in [1.165, 1.54) is 0 Å². The normalized spacial score (nSPS) is 14.6. The van der Waals surface area contributed by atoms with Gasteiger partial charge in [0.05, 0.1) is 17.9 Å². The fourth-order valence-electron chi connectivity index (χ4n) is 3.38. The first-order chi connectivity index (χ1) is 14.0. The van der Waals surface area contributed by atoms with Gasteiger partial charge in [-0.3, -0.25) is 4.79 Å². The molecule has 1 amide bonds. The Bertz CT molecular complexity index is 877. The molecule has 7 heteroatoms. The maximum atomic E-state index is 12.4. The van der Waals surface area contributed by atoms with Gasteiger partial charge in [-0.15, -0.1) is 0 Å². The summed E-state index contributed by atoms with van der Waals surface area (Å²) in [5, 5.41) is 2.86. The van der Waals surface area contributed by atoms with Crippen LogP contribution in [0.25, 0.3) is 0 Å². The van der Waals surface area contributed by atoms with E-state index >= 15 is 0 Å². The third-order valence-corrected chi connectivity index (χ3v) is 6.52. The van der Waals surface area contributed by atoms with Crippen molar-refractivity contribution in [2.75, 3.05) is 13.2 Å². The topological polar surface area (TPSA) is 84.5 Å². The Morgan fingerprint density at radius 3 is 2.38 bits per heavy atom. The first-order valence-electron chi connectivity index (χ1n) is 10.1. The third-order valence-electron chi connectivity index (χ3n) is 4.99. The number of hydrogen-bond donors (Lipinski definition) is 2. The van der Waals surface area contributed by atoms with Gasteiger partial charge >= 0.3 is 0 Å². The first kappa shape index (κ1) is 21.3. The minimum absolute atomic E-state index is 0.0563. The van der Waals surface area contributed by atoms with Crippen molar-refractivity contribution in [2.24, 2.45) is 0 Å². The molecule has 0 radical (unpaired) electrons. The van der Waals surface area contributed by atoms with Gasteiger partial charge in [0.15, 0.2) is 0 Å². The minimum Gasteiger partial charge on any atom is -0.493 e. The Morgan fingerprint density at radius 2 is 1.69 bits per heavy atom. The van der Waals surface area contributed by atoms with Gasteiger partial charge in [-0.1, -0.05) is 43.2 Å². The van der Waals surface area contributed by atoms with Crippen LogP contribution in [0.15, 0.2) is 59.5 Å². The van der Waals surface area contributed by atoms with Crippen LogP contribution in [-0.4, -0.2) is 33.5 Å². The molecule has 1 aliphatic carbocycles. The van der Waals surface area contributed by atoms with E-state index in [4.69, 9.17) is 4.74 Å². The largest absolute Gasteiger partial charge is 0.493 e. The van der Waals surface area contributed by atoms with Crippen molar-refractivity contribution in [1.29, 1.82) is 0 Å². The van der Waals surface area contributed by atoms with Gasteiger partial charge in [0.2, 0.25) is 15.9 Å². The van der Waals surface area contributed by atoms with Gasteiger partial charge in [0.1, 0.15) is 5.75 Å². The van der Waals surface area contributed by atoms with Crippen molar-refractivity contribution in [2.45, 2.75) is 49.5 Å². The molecule has 0 aromatic heterocycles. The Kier molecular flexibility index (Phi) is 7.66. The SMILES string of the molecule is O=C(CCOc1ccccc1)NCCc1ccc(S(=O)(=O)NC2CCCC2)cc1. The molecular weight excluding hydrogens is 388 g/mol. The van der Waals surface area contributed by atoms with Crippen LogP contribution in [0.3, 0.4) is 0 Å². The molecule has 2 aromatic rings. The second kappa shape index (κ2) is 10.4. The van der Waals surface area contributed by atoms with Gasteiger partial charge < -0.3 is 10.1 Å². The molecular formula is C22H28N2O4S. The lowest BCUT2D eigenvalue weighted by molar-refractivity contribution is -0.121. The molecule has 0 aliphatic heterocycles. The number of sulfonamides is 1. The second-order valence-electron chi connectivity index (χ2n) is 7.26. The summed E-state index contributed by atoms with van der Waals surface area (Å²) >= 11 is 0. The Balaban J connectivity index is 1.37. The monoisotopic (exact) mass is 416 g/mol. The second-order valence-corrected chi connectivity index (χ2v) is 8.97. The van der Waals surface area contributed by atoms with Gasteiger partial charge in [-0.05, 0) is 49.1 Å². The zero-order valence-electron chi connectivity index (χ0n) is 16.5.